The summed E-state index contributed by atoms with van der Waals surface area (Å²) in [5.74, 6) is 0. The molecule has 0 bridgehead atoms. The SMILES string of the molecule is OC[C@H]1O[C@H](OC[C@H]2O[C@H](OC[C@H]3O[C@H](CC[C@H]4O[C@H](OC[C@H]5O[C@H](O)[C@H](O)[C@@H](O)[C@@H]5O)[C@H](O)[C@@H](O)[C@H]4O)[C@H](O)[C@@H](O)[C@H]3O)[C@H](O)[C@@H](O)[C@H]2O)[C@H](O)[C@@H](O)[C@H]1O. The Labute approximate surface area is 317 Å². The Morgan fingerprint density at radius 3 is 1.00 bits per heavy atom. The normalized spacial score (nSPS) is 53.2. The summed E-state index contributed by atoms with van der Waals surface area (Å²) >= 11 is 0. The Bertz CT molecular complexity index is 1210. The van der Waals surface area contributed by atoms with Crippen molar-refractivity contribution in [1.29, 1.82) is 0 Å². The van der Waals surface area contributed by atoms with Gasteiger partial charge in [0.2, 0.25) is 0 Å². The van der Waals surface area contributed by atoms with Crippen LogP contribution in [-0.4, -0.2) is 267 Å². The fourth-order valence-corrected chi connectivity index (χ4v) is 7.06. The molecule has 0 aromatic rings. The molecule has 0 spiro atoms. The predicted molar refractivity (Wildman–Crippen MR) is 170 cm³/mol. The molecule has 0 amide bonds. The average Bonchev–Trinajstić information content (AvgIpc) is 3.18. The van der Waals surface area contributed by atoms with Gasteiger partial charge in [-0.05, 0) is 12.8 Å². The fraction of sp³-hybridized carbons (Fsp3) is 1.00. The van der Waals surface area contributed by atoms with Crippen molar-refractivity contribution < 1.29 is 125 Å². The summed E-state index contributed by atoms with van der Waals surface area (Å²) in [7, 11) is 0. The van der Waals surface area contributed by atoms with Crippen LogP contribution in [0.4, 0.5) is 0 Å². The second-order valence-electron chi connectivity index (χ2n) is 14.5. The van der Waals surface area contributed by atoms with E-state index in [0.29, 0.717) is 0 Å². The molecule has 5 fully saturated rings. The molecular weight excluding hydrogens is 772 g/mol. The molecule has 25 nitrogen and oxygen atoms in total. The Balaban J connectivity index is 1.15. The molecule has 56 heavy (non-hydrogen) atoms. The number of ether oxygens (including phenoxy) is 8. The van der Waals surface area contributed by atoms with Crippen molar-refractivity contribution in [3.63, 3.8) is 0 Å². The lowest BCUT2D eigenvalue weighted by atomic mass is 9.90. The number of aliphatic hydroxyl groups excluding tert-OH is 17. The van der Waals surface area contributed by atoms with Gasteiger partial charge in [-0.25, -0.2) is 0 Å². The Morgan fingerprint density at radius 1 is 0.286 bits per heavy atom. The molecule has 25 heteroatoms. The second kappa shape index (κ2) is 19.6. The molecule has 328 valence electrons. The van der Waals surface area contributed by atoms with Crippen LogP contribution in [0.3, 0.4) is 0 Å². The van der Waals surface area contributed by atoms with E-state index in [1.54, 1.807) is 0 Å². The summed E-state index contributed by atoms with van der Waals surface area (Å²) in [6.07, 6.45) is -42.5. The van der Waals surface area contributed by atoms with Crippen LogP contribution >= 0.6 is 0 Å². The predicted octanol–water partition coefficient (Wildman–Crippen LogP) is -11.1. The highest BCUT2D eigenvalue weighted by Gasteiger charge is 2.51. The van der Waals surface area contributed by atoms with Gasteiger partial charge in [0.25, 0.3) is 0 Å². The Kier molecular flexibility index (Phi) is 16.1. The molecule has 5 aliphatic heterocycles. The van der Waals surface area contributed by atoms with Gasteiger partial charge in [0.15, 0.2) is 25.2 Å². The molecule has 5 heterocycles. The van der Waals surface area contributed by atoms with E-state index in [1.807, 2.05) is 0 Å². The Morgan fingerprint density at radius 2 is 0.571 bits per heavy atom. The lowest BCUT2D eigenvalue weighted by Gasteiger charge is -2.44. The molecule has 5 aliphatic rings. The first-order chi connectivity index (χ1) is 26.4. The highest BCUT2D eigenvalue weighted by atomic mass is 16.7. The van der Waals surface area contributed by atoms with Crippen LogP contribution in [0.5, 0.6) is 0 Å². The summed E-state index contributed by atoms with van der Waals surface area (Å²) < 4.78 is 43.5. The van der Waals surface area contributed by atoms with Gasteiger partial charge in [-0.3, -0.25) is 0 Å². The zero-order valence-corrected chi connectivity index (χ0v) is 29.5. The highest BCUT2D eigenvalue weighted by molar-refractivity contribution is 4.96. The molecule has 0 saturated carbocycles. The average molecular weight is 827 g/mol. The van der Waals surface area contributed by atoms with Crippen molar-refractivity contribution in [1.82, 2.24) is 0 Å². The van der Waals surface area contributed by atoms with Gasteiger partial charge in [0, 0.05) is 0 Å². The van der Waals surface area contributed by atoms with Crippen molar-refractivity contribution in [3.8, 4) is 0 Å². The van der Waals surface area contributed by atoms with E-state index in [1.165, 1.54) is 0 Å². The monoisotopic (exact) mass is 826 g/mol. The lowest BCUT2D eigenvalue weighted by molar-refractivity contribution is -0.336. The number of hydrogen-bond acceptors (Lipinski definition) is 25. The van der Waals surface area contributed by atoms with Crippen molar-refractivity contribution in [2.45, 2.75) is 166 Å². The molecular formula is C31H54O25. The van der Waals surface area contributed by atoms with E-state index in [2.05, 4.69) is 0 Å². The maximum absolute atomic E-state index is 10.7. The third-order valence-corrected chi connectivity index (χ3v) is 10.7. The molecule has 0 radical (unpaired) electrons. The minimum atomic E-state index is -1.90. The van der Waals surface area contributed by atoms with Crippen LogP contribution < -0.4 is 0 Å². The van der Waals surface area contributed by atoms with Crippen LogP contribution in [0, 0.1) is 0 Å². The molecule has 0 aliphatic carbocycles. The van der Waals surface area contributed by atoms with Gasteiger partial charge in [-0.1, -0.05) is 0 Å². The van der Waals surface area contributed by atoms with E-state index in [4.69, 9.17) is 37.9 Å². The summed E-state index contributed by atoms with van der Waals surface area (Å²) in [4.78, 5) is 0. The second-order valence-corrected chi connectivity index (χ2v) is 14.5. The van der Waals surface area contributed by atoms with Gasteiger partial charge in [0.1, 0.15) is 116 Å². The highest BCUT2D eigenvalue weighted by Crippen LogP contribution is 2.32. The smallest absolute Gasteiger partial charge is 0.186 e. The summed E-state index contributed by atoms with van der Waals surface area (Å²) in [6.45, 7) is -2.68. The summed E-state index contributed by atoms with van der Waals surface area (Å²) in [5, 5.41) is 174. The van der Waals surface area contributed by atoms with Gasteiger partial charge >= 0.3 is 0 Å². The van der Waals surface area contributed by atoms with Crippen molar-refractivity contribution in [2.75, 3.05) is 26.4 Å². The molecule has 25 atom stereocenters. The van der Waals surface area contributed by atoms with E-state index in [9.17, 15) is 86.8 Å². The van der Waals surface area contributed by atoms with Crippen LogP contribution in [0.2, 0.25) is 0 Å². The van der Waals surface area contributed by atoms with Crippen molar-refractivity contribution >= 4 is 0 Å². The fourth-order valence-electron chi connectivity index (χ4n) is 7.06. The largest absolute Gasteiger partial charge is 0.394 e. The van der Waals surface area contributed by atoms with Crippen LogP contribution in [0.25, 0.3) is 0 Å². The Hall–Kier alpha value is -1.00. The third kappa shape index (κ3) is 9.79. The maximum atomic E-state index is 10.7. The molecule has 5 rings (SSSR count). The van der Waals surface area contributed by atoms with Crippen molar-refractivity contribution in [2.24, 2.45) is 0 Å². The summed E-state index contributed by atoms with van der Waals surface area (Å²) in [5.41, 5.74) is 0. The first-order valence-electron chi connectivity index (χ1n) is 18.0. The molecule has 0 unspecified atom stereocenters. The minimum Gasteiger partial charge on any atom is -0.394 e. The van der Waals surface area contributed by atoms with Crippen LogP contribution in [-0.2, 0) is 37.9 Å². The first kappa shape index (κ1) is 46.1. The van der Waals surface area contributed by atoms with Gasteiger partial charge < -0.3 is 125 Å². The third-order valence-electron chi connectivity index (χ3n) is 10.7. The quantitative estimate of drug-likeness (QED) is 0.0819. The van der Waals surface area contributed by atoms with Gasteiger partial charge in [-0.2, -0.15) is 0 Å². The minimum absolute atomic E-state index is 0.232. The summed E-state index contributed by atoms with van der Waals surface area (Å²) in [6, 6.07) is 0. The van der Waals surface area contributed by atoms with Crippen molar-refractivity contribution in [3.05, 3.63) is 0 Å². The van der Waals surface area contributed by atoms with Gasteiger partial charge in [-0.15, -0.1) is 0 Å². The maximum Gasteiger partial charge on any atom is 0.186 e. The molecule has 17 N–H and O–H groups in total. The number of hydrogen-bond donors (Lipinski definition) is 17. The number of aliphatic hydroxyl groups is 17. The van der Waals surface area contributed by atoms with E-state index in [-0.39, 0.29) is 12.8 Å². The van der Waals surface area contributed by atoms with Gasteiger partial charge in [0.05, 0.1) is 38.6 Å². The first-order valence-corrected chi connectivity index (χ1v) is 18.0. The topological polar surface area (TPSA) is 418 Å². The number of rotatable bonds is 13. The standard InChI is InChI=1S/C31H54O25/c32-3-9-15(35)22(42)26(46)30(55-9)51-6-12-18(38)23(43)27(47)31(56-12)49-4-10-16(36)19(39)13(33)7(52-10)1-2-8-14(34)21(41)25(45)29(54-8)50-5-11-17(37)20(40)24(44)28(48)53-11/h7-48H,1-6H2/t7-,8-,9-,10-,11-,12-,13+,14+,15+,16+,17-,18+,19-,20+,21+,22+,23+,24-,25-,26-,27-,28+,29+,30+,31+/m1/s1. The van der Waals surface area contributed by atoms with E-state index in [0.717, 1.165) is 0 Å². The van der Waals surface area contributed by atoms with E-state index < -0.39 is 180 Å². The lowest BCUT2D eigenvalue weighted by Crippen LogP contribution is -2.62. The zero-order valence-electron chi connectivity index (χ0n) is 29.5. The van der Waals surface area contributed by atoms with Crippen LogP contribution in [0.1, 0.15) is 12.8 Å². The molecule has 5 saturated heterocycles. The van der Waals surface area contributed by atoms with Crippen LogP contribution in [0.15, 0.2) is 0 Å². The zero-order chi connectivity index (χ0) is 41.3. The molecule has 0 aromatic carbocycles. The molecule has 0 aromatic heterocycles. The van der Waals surface area contributed by atoms with E-state index >= 15 is 0 Å².